The topological polar surface area (TPSA) is 97.2 Å². The minimum Gasteiger partial charge on any atom is -0.236 e. The van der Waals surface area contributed by atoms with Crippen molar-refractivity contribution in [3.63, 3.8) is 0 Å². The van der Waals surface area contributed by atoms with Crippen molar-refractivity contribution in [1.29, 1.82) is 15.8 Å². The van der Waals surface area contributed by atoms with E-state index in [-0.39, 0.29) is 0 Å². The normalized spacial score (nSPS) is 15.9. The van der Waals surface area contributed by atoms with Gasteiger partial charge in [-0.15, -0.1) is 0 Å². The lowest BCUT2D eigenvalue weighted by Gasteiger charge is -2.43. The third-order valence-corrected chi connectivity index (χ3v) is 17.7. The van der Waals surface area contributed by atoms with E-state index in [0.29, 0.717) is 16.7 Å². The fourth-order valence-electron chi connectivity index (χ4n) is 6.60. The smallest absolute Gasteiger partial charge is 0.116 e. The van der Waals surface area contributed by atoms with E-state index in [0.717, 1.165) is 78.9 Å². The first kappa shape index (κ1) is 28.6. The fraction of sp³-hybridized carbons (Fsp3) is 0. The van der Waals surface area contributed by atoms with E-state index in [9.17, 15) is 15.8 Å². The van der Waals surface area contributed by atoms with Crippen molar-refractivity contribution < 1.29 is 0 Å². The van der Waals surface area contributed by atoms with Gasteiger partial charge in [0.1, 0.15) is 6.33 Å². The summed E-state index contributed by atoms with van der Waals surface area (Å²) in [5, 5.41) is 34.1. The lowest BCUT2D eigenvalue weighted by Crippen LogP contribution is -2.39. The maximum absolute atomic E-state index is 10.9. The molecule has 9 rings (SSSR count). The molecule has 1 aromatic heterocycles. The lowest BCUT2D eigenvalue weighted by molar-refractivity contribution is 1.17. The van der Waals surface area contributed by atoms with Crippen molar-refractivity contribution in [1.82, 2.24) is 9.97 Å². The first-order valence-corrected chi connectivity index (χ1v) is 19.7. The second-order valence-corrected chi connectivity index (χ2v) is 18.5. The molecule has 0 saturated carbocycles. The molecule has 0 saturated heterocycles. The summed E-state index contributed by atoms with van der Waals surface area (Å²) in [6.45, 7) is 0. The van der Waals surface area contributed by atoms with Gasteiger partial charge in [-0.2, -0.15) is 15.8 Å². The van der Waals surface area contributed by atoms with Crippen molar-refractivity contribution in [3.8, 4) is 51.8 Å². The van der Waals surface area contributed by atoms with E-state index >= 15 is 0 Å². The van der Waals surface area contributed by atoms with Crippen LogP contribution in [0.25, 0.3) is 33.6 Å². The number of benzene rings is 5. The summed E-state index contributed by atoms with van der Waals surface area (Å²) in [4.78, 5) is 15.4. The molecule has 0 aliphatic carbocycles. The number of hydrogen-bond donors (Lipinski definition) is 0. The van der Waals surface area contributed by atoms with Gasteiger partial charge in [0.2, 0.25) is 0 Å². The number of aromatic nitrogens is 2. The van der Waals surface area contributed by atoms with E-state index in [1.807, 2.05) is 91.0 Å². The molecule has 0 spiro atoms. The number of nitrogens with zero attached hydrogens (tertiary/aromatic N) is 5. The summed E-state index contributed by atoms with van der Waals surface area (Å²) in [5.41, 5.74) is 6.41. The second kappa shape index (κ2) is 10.7. The maximum Gasteiger partial charge on any atom is 0.116 e. The molecule has 10 heteroatoms. The maximum atomic E-state index is 10.9. The van der Waals surface area contributed by atoms with Gasteiger partial charge in [-0.1, -0.05) is 108 Å². The third-order valence-electron chi connectivity index (χ3n) is 8.47. The van der Waals surface area contributed by atoms with Gasteiger partial charge >= 0.3 is 0 Å². The quantitative estimate of drug-likeness (QED) is 0.170. The van der Waals surface area contributed by atoms with Gasteiger partial charge in [0.05, 0.1) is 46.3 Å². The molecule has 0 radical (unpaired) electrons. The monoisotopic (exact) mass is 689 g/mol. The summed E-state index contributed by atoms with van der Waals surface area (Å²) in [6.07, 6.45) is 1.59. The van der Waals surface area contributed by atoms with Gasteiger partial charge in [0.25, 0.3) is 0 Å². The molecule has 5 nitrogen and oxygen atoms in total. The first-order valence-electron chi connectivity index (χ1n) is 14.4. The Labute approximate surface area is 288 Å². The van der Waals surface area contributed by atoms with Crippen LogP contribution in [-0.4, -0.2) is 9.97 Å². The molecule has 218 valence electrons. The van der Waals surface area contributed by atoms with Crippen LogP contribution in [0.1, 0.15) is 16.7 Å². The Morgan fingerprint density at radius 3 is 1.49 bits per heavy atom. The number of hydrogen-bond acceptors (Lipinski definition) is 9. The average molecular weight is 690 g/mol. The van der Waals surface area contributed by atoms with Crippen LogP contribution >= 0.6 is 41.3 Å². The highest BCUT2D eigenvalue weighted by atomic mass is 32.4. The predicted octanol–water partition coefficient (Wildman–Crippen LogP) is 8.24. The van der Waals surface area contributed by atoms with Gasteiger partial charge in [0.15, 0.2) is 0 Å². The van der Waals surface area contributed by atoms with E-state index < -0.39 is 6.04 Å². The van der Waals surface area contributed by atoms with Gasteiger partial charge < -0.3 is 0 Å². The Kier molecular flexibility index (Phi) is 6.50. The molecule has 1 atom stereocenters. The molecule has 0 amide bonds. The summed E-state index contributed by atoms with van der Waals surface area (Å²) < 4.78 is 0. The Bertz CT molecular complexity index is 2470. The third kappa shape index (κ3) is 4.07. The Balaban J connectivity index is 1.46. The molecule has 6 aromatic rings. The first-order chi connectivity index (χ1) is 23.0. The lowest BCUT2D eigenvalue weighted by atomic mass is 9.91. The number of nitriles is 3. The highest BCUT2D eigenvalue weighted by molar-refractivity contribution is 8.28. The van der Waals surface area contributed by atoms with Crippen LogP contribution in [0.4, 0.5) is 0 Å². The highest BCUT2D eigenvalue weighted by Gasteiger charge is 2.48. The number of rotatable bonds is 3. The van der Waals surface area contributed by atoms with Crippen LogP contribution in [0, 0.1) is 34.0 Å². The molecular weight excluding hydrogens is 674 g/mol. The Hall–Kier alpha value is -4.65. The SMILES string of the molecule is N#Cc1cc2c3c(c1)Sc1cc(C#N)c(-c4c(-c5ccccc5)ncnc4-c4ccccc4)c4c1P3(=S)c1c(cc(C#N)cc1S4)S2. The van der Waals surface area contributed by atoms with Crippen LogP contribution in [0.15, 0.2) is 127 Å². The molecule has 0 bridgehead atoms. The van der Waals surface area contributed by atoms with Gasteiger partial charge in [-0.3, -0.25) is 0 Å². The van der Waals surface area contributed by atoms with E-state index in [4.69, 9.17) is 21.8 Å². The van der Waals surface area contributed by atoms with Crippen LogP contribution < -0.4 is 15.9 Å². The summed E-state index contributed by atoms with van der Waals surface area (Å²) in [5.74, 6) is 0. The molecule has 3 aliphatic rings. The molecule has 0 fully saturated rings. The Morgan fingerprint density at radius 2 is 1.02 bits per heavy atom. The fourth-order valence-corrected chi connectivity index (χ4v) is 19.0. The van der Waals surface area contributed by atoms with E-state index in [1.165, 1.54) is 0 Å². The average Bonchev–Trinajstić information content (AvgIpc) is 3.11. The molecule has 5 aromatic carbocycles. The summed E-state index contributed by atoms with van der Waals surface area (Å²) in [6, 6.07) is 34.2. The zero-order valence-corrected chi connectivity index (χ0v) is 28.2. The van der Waals surface area contributed by atoms with Crippen LogP contribution in [0.3, 0.4) is 0 Å². The molecule has 4 heterocycles. The molecule has 3 aliphatic heterocycles. The predicted molar refractivity (Wildman–Crippen MR) is 191 cm³/mol. The second-order valence-electron chi connectivity index (χ2n) is 11.0. The van der Waals surface area contributed by atoms with Gasteiger partial charge in [-0.25, -0.2) is 9.97 Å². The van der Waals surface area contributed by atoms with E-state index in [2.05, 4.69) is 18.2 Å². The highest BCUT2D eigenvalue weighted by Crippen LogP contribution is 2.66. The van der Waals surface area contributed by atoms with Gasteiger partial charge in [0, 0.05) is 73.6 Å². The minimum absolute atomic E-state index is 0.496. The van der Waals surface area contributed by atoms with Crippen LogP contribution in [0.2, 0.25) is 0 Å². The molecule has 47 heavy (non-hydrogen) atoms. The minimum atomic E-state index is -2.70. The van der Waals surface area contributed by atoms with Crippen LogP contribution in [-0.2, 0) is 11.8 Å². The van der Waals surface area contributed by atoms with Crippen molar-refractivity contribution in [2.75, 3.05) is 0 Å². The largest absolute Gasteiger partial charge is 0.236 e. The van der Waals surface area contributed by atoms with Crippen molar-refractivity contribution in [2.24, 2.45) is 0 Å². The summed E-state index contributed by atoms with van der Waals surface area (Å²) in [7, 11) is 0. The van der Waals surface area contributed by atoms with Crippen molar-refractivity contribution in [3.05, 3.63) is 114 Å². The Morgan fingerprint density at radius 1 is 0.553 bits per heavy atom. The molecular formula is C37H16N5PS4. The van der Waals surface area contributed by atoms with Crippen molar-refractivity contribution >= 4 is 69.0 Å². The molecule has 1 unspecified atom stereocenters. The zero-order valence-electron chi connectivity index (χ0n) is 24.1. The van der Waals surface area contributed by atoms with Gasteiger partial charge in [-0.05, 0) is 30.3 Å². The molecule has 0 N–H and O–H groups in total. The zero-order chi connectivity index (χ0) is 31.9. The standard InChI is InChI=1S/C37H16N5PS4/c38-16-20-11-25-34-26(12-20)46-29-15-24(18-40)30(37-36(29)43(34,44)35-27(45-25)13-21(17-39)14-28(35)47-37)31-32(22-7-3-1-4-8-22)41-19-42-33(31)23-9-5-2-6-10-23/h1-15,19H. The van der Waals surface area contributed by atoms with Crippen molar-refractivity contribution in [2.45, 2.75) is 29.4 Å². The summed E-state index contributed by atoms with van der Waals surface area (Å²) >= 11 is 11.7. The van der Waals surface area contributed by atoms with Crippen LogP contribution in [0.5, 0.6) is 0 Å². The van der Waals surface area contributed by atoms with E-state index in [1.54, 1.807) is 41.6 Å².